The third kappa shape index (κ3) is 14.7. The normalized spacial score (nSPS) is 11.7. The predicted molar refractivity (Wildman–Crippen MR) is 95.0 cm³/mol. The summed E-state index contributed by atoms with van der Waals surface area (Å²) in [7, 11) is -2.52. The quantitative estimate of drug-likeness (QED) is 0.349. The van der Waals surface area contributed by atoms with Gasteiger partial charge in [0.05, 0.1) is 0 Å². The van der Waals surface area contributed by atoms with Crippen molar-refractivity contribution < 1.29 is 18.4 Å². The molecular formula is C15H34O4SSi. The highest BCUT2D eigenvalue weighted by Crippen LogP contribution is 2.24. The molecule has 0 unspecified atom stereocenters. The number of aliphatic hydroxyl groups is 1. The number of unbranched alkanes of at least 4 members (excludes halogenated alkanes) is 2. The highest BCUT2D eigenvalue weighted by molar-refractivity contribution is 7.78. The van der Waals surface area contributed by atoms with Crippen LogP contribution in [-0.4, -0.2) is 37.8 Å². The summed E-state index contributed by atoms with van der Waals surface area (Å²) in [5.41, 5.74) is 0.583. The molecule has 0 aromatic heterocycles. The summed E-state index contributed by atoms with van der Waals surface area (Å²) < 4.78 is 18.3. The fraction of sp³-hybridized carbons (Fsp3) is 0.933. The SMILES string of the molecule is CCCCC[Si](OC(C)C)(OC(C)C)OC(C)C.OC=S. The van der Waals surface area contributed by atoms with Crippen molar-refractivity contribution in [3.63, 3.8) is 0 Å². The first-order valence-electron chi connectivity index (χ1n) is 7.84. The van der Waals surface area contributed by atoms with E-state index in [4.69, 9.17) is 18.4 Å². The first kappa shape index (κ1) is 23.3. The fourth-order valence-corrected chi connectivity index (χ4v) is 5.29. The van der Waals surface area contributed by atoms with Crippen molar-refractivity contribution in [3.05, 3.63) is 0 Å². The van der Waals surface area contributed by atoms with E-state index in [1.807, 2.05) is 0 Å². The molecule has 0 atom stereocenters. The fourth-order valence-electron chi connectivity index (χ4n) is 1.93. The minimum atomic E-state index is -2.52. The maximum absolute atomic E-state index is 7.26. The Morgan fingerprint density at radius 3 is 1.48 bits per heavy atom. The molecule has 0 aliphatic rings. The predicted octanol–water partition coefficient (Wildman–Crippen LogP) is 4.89. The molecule has 0 saturated heterocycles. The van der Waals surface area contributed by atoms with Gasteiger partial charge in [0.1, 0.15) is 5.55 Å². The first-order valence-corrected chi connectivity index (χ1v) is 10.2. The van der Waals surface area contributed by atoms with E-state index in [2.05, 4.69) is 60.7 Å². The van der Waals surface area contributed by atoms with Gasteiger partial charge in [0.25, 0.3) is 0 Å². The molecule has 6 heteroatoms. The van der Waals surface area contributed by atoms with E-state index < -0.39 is 8.80 Å². The van der Waals surface area contributed by atoms with Crippen molar-refractivity contribution in [2.75, 3.05) is 0 Å². The number of thiocarbonyl (C=S) groups is 1. The zero-order valence-corrected chi connectivity index (χ0v) is 16.5. The molecule has 0 heterocycles. The van der Waals surface area contributed by atoms with Crippen molar-refractivity contribution in [2.24, 2.45) is 0 Å². The Morgan fingerprint density at radius 2 is 1.24 bits per heavy atom. The zero-order valence-electron chi connectivity index (χ0n) is 14.7. The van der Waals surface area contributed by atoms with Gasteiger partial charge in [-0.05, 0) is 60.2 Å². The second kappa shape index (κ2) is 13.6. The summed E-state index contributed by atoms with van der Waals surface area (Å²) in [6.45, 7) is 14.5. The summed E-state index contributed by atoms with van der Waals surface area (Å²) in [5.74, 6) is 0. The molecule has 4 nitrogen and oxygen atoms in total. The van der Waals surface area contributed by atoms with Gasteiger partial charge in [0.2, 0.25) is 0 Å². The van der Waals surface area contributed by atoms with Gasteiger partial charge in [0, 0.05) is 24.4 Å². The smallest absolute Gasteiger partial charge is 0.501 e. The molecule has 1 N–H and O–H groups in total. The number of aliphatic hydroxyl groups excluding tert-OH is 1. The molecule has 0 amide bonds. The first-order chi connectivity index (χ1) is 9.72. The van der Waals surface area contributed by atoms with E-state index in [0.29, 0.717) is 5.55 Å². The second-order valence-electron chi connectivity index (χ2n) is 5.75. The summed E-state index contributed by atoms with van der Waals surface area (Å²) in [5, 5.41) is 7.26. The number of hydrogen-bond donors (Lipinski definition) is 1. The molecule has 0 fully saturated rings. The summed E-state index contributed by atoms with van der Waals surface area (Å²) in [6.07, 6.45) is 3.98. The van der Waals surface area contributed by atoms with Gasteiger partial charge < -0.3 is 18.4 Å². The van der Waals surface area contributed by atoms with Crippen LogP contribution in [0.5, 0.6) is 0 Å². The molecule has 0 bridgehead atoms. The van der Waals surface area contributed by atoms with Crippen LogP contribution in [0.4, 0.5) is 0 Å². The van der Waals surface area contributed by atoms with E-state index in [1.54, 1.807) is 0 Å². The van der Waals surface area contributed by atoms with Crippen LogP contribution in [0, 0.1) is 0 Å². The average Bonchev–Trinajstić information content (AvgIpc) is 2.26. The van der Waals surface area contributed by atoms with Crippen molar-refractivity contribution in [1.29, 1.82) is 0 Å². The van der Waals surface area contributed by atoms with Gasteiger partial charge in [-0.15, -0.1) is 0 Å². The molecule has 0 spiro atoms. The molecule has 0 aromatic rings. The van der Waals surface area contributed by atoms with E-state index in [0.717, 1.165) is 12.5 Å². The lowest BCUT2D eigenvalue weighted by molar-refractivity contribution is 0.00280. The molecule has 128 valence electrons. The maximum atomic E-state index is 7.26. The van der Waals surface area contributed by atoms with Gasteiger partial charge in [-0.1, -0.05) is 19.8 Å². The lowest BCUT2D eigenvalue weighted by Gasteiger charge is -2.34. The average molecular weight is 339 g/mol. The molecule has 21 heavy (non-hydrogen) atoms. The van der Waals surface area contributed by atoms with Crippen LogP contribution in [0.3, 0.4) is 0 Å². The Kier molecular flexibility index (Phi) is 15.1. The van der Waals surface area contributed by atoms with Gasteiger partial charge in [0.15, 0.2) is 0 Å². The van der Waals surface area contributed by atoms with Crippen LogP contribution >= 0.6 is 12.2 Å². The molecule has 0 aliphatic carbocycles. The highest BCUT2D eigenvalue weighted by Gasteiger charge is 2.43. The zero-order chi connectivity index (χ0) is 16.9. The van der Waals surface area contributed by atoms with Crippen molar-refractivity contribution in [2.45, 2.75) is 92.1 Å². The van der Waals surface area contributed by atoms with E-state index in [-0.39, 0.29) is 18.3 Å². The minimum Gasteiger partial charge on any atom is -0.504 e. The third-order valence-corrected chi connectivity index (χ3v) is 5.79. The van der Waals surface area contributed by atoms with Gasteiger partial charge in [-0.3, -0.25) is 0 Å². The number of hydrogen-bond acceptors (Lipinski definition) is 4. The molecule has 0 aliphatic heterocycles. The monoisotopic (exact) mass is 338 g/mol. The van der Waals surface area contributed by atoms with Crippen LogP contribution in [-0.2, 0) is 13.3 Å². The molecular weight excluding hydrogens is 304 g/mol. The van der Waals surface area contributed by atoms with Crippen molar-refractivity contribution in [1.82, 2.24) is 0 Å². The Morgan fingerprint density at radius 1 is 0.905 bits per heavy atom. The molecule has 0 radical (unpaired) electrons. The Labute approximate surface area is 137 Å². The van der Waals surface area contributed by atoms with Crippen LogP contribution in [0.1, 0.15) is 67.7 Å². The van der Waals surface area contributed by atoms with Crippen LogP contribution in [0.15, 0.2) is 0 Å². The van der Waals surface area contributed by atoms with Gasteiger partial charge >= 0.3 is 8.80 Å². The number of rotatable bonds is 10. The van der Waals surface area contributed by atoms with Crippen LogP contribution in [0.2, 0.25) is 6.04 Å². The Balaban J connectivity index is 0. The largest absolute Gasteiger partial charge is 0.504 e. The third-order valence-electron chi connectivity index (χ3n) is 2.33. The van der Waals surface area contributed by atoms with E-state index in [1.165, 1.54) is 12.8 Å². The summed E-state index contributed by atoms with van der Waals surface area (Å²) in [6, 6.07) is 0.926. The summed E-state index contributed by atoms with van der Waals surface area (Å²) >= 11 is 3.82. The molecule has 0 saturated carbocycles. The second-order valence-corrected chi connectivity index (χ2v) is 8.53. The lowest BCUT2D eigenvalue weighted by atomic mass is 10.3. The van der Waals surface area contributed by atoms with Crippen LogP contribution in [0.25, 0.3) is 0 Å². The Bertz CT molecular complexity index is 221. The summed E-state index contributed by atoms with van der Waals surface area (Å²) in [4.78, 5) is 0. The minimum absolute atomic E-state index is 0.149. The topological polar surface area (TPSA) is 47.9 Å². The van der Waals surface area contributed by atoms with Crippen molar-refractivity contribution >= 4 is 26.6 Å². The molecule has 0 rings (SSSR count). The van der Waals surface area contributed by atoms with Gasteiger partial charge in [-0.2, -0.15) is 0 Å². The lowest BCUT2D eigenvalue weighted by Crippen LogP contribution is -2.50. The van der Waals surface area contributed by atoms with E-state index >= 15 is 0 Å². The highest BCUT2D eigenvalue weighted by atomic mass is 32.1. The Hall–Kier alpha value is -0.0131. The van der Waals surface area contributed by atoms with Crippen LogP contribution < -0.4 is 0 Å². The maximum Gasteiger partial charge on any atom is 0.501 e. The van der Waals surface area contributed by atoms with Gasteiger partial charge in [-0.25, -0.2) is 0 Å². The standard InChI is InChI=1S/C14H32O3Si.CH2OS/c1-8-9-10-11-18(15-12(2)3,16-13(4)5)17-14(6)7;2-1-3/h12-14H,8-11H2,1-7H3;1H,(H,2,3). The van der Waals surface area contributed by atoms with Crippen molar-refractivity contribution in [3.8, 4) is 0 Å². The van der Waals surface area contributed by atoms with E-state index in [9.17, 15) is 0 Å². The molecule has 0 aromatic carbocycles.